The average molecular weight is 413 g/mol. The molecule has 0 radical (unpaired) electrons. The second-order valence-electron chi connectivity index (χ2n) is 7.26. The highest BCUT2D eigenvalue weighted by atomic mass is 32.2. The number of hydrogen-bond acceptors (Lipinski definition) is 6. The average Bonchev–Trinajstić information content (AvgIpc) is 3.22. The van der Waals surface area contributed by atoms with Crippen molar-refractivity contribution in [3.63, 3.8) is 0 Å². The molecule has 1 fully saturated rings. The maximum absolute atomic E-state index is 10.7. The van der Waals surface area contributed by atoms with Crippen molar-refractivity contribution in [3.05, 3.63) is 71.8 Å². The number of piperidine rings is 1. The van der Waals surface area contributed by atoms with Gasteiger partial charge in [-0.05, 0) is 55.1 Å². The second kappa shape index (κ2) is 9.25. The Bertz CT molecular complexity index is 1000. The number of rotatable bonds is 7. The topological polar surface area (TPSA) is 93.0 Å². The van der Waals surface area contributed by atoms with Crippen LogP contribution in [0.4, 0.5) is 0 Å². The molecule has 3 heterocycles. The number of nitrogens with zero attached hydrogens (tertiary/aromatic N) is 5. The molecule has 0 amide bonds. The minimum Gasteiger partial charge on any atom is -0.297 e. The van der Waals surface area contributed by atoms with Crippen molar-refractivity contribution in [1.82, 2.24) is 29.6 Å². The predicted molar refractivity (Wildman–Crippen MR) is 110 cm³/mol. The molecule has 1 saturated heterocycles. The Morgan fingerprint density at radius 3 is 2.66 bits per heavy atom. The zero-order chi connectivity index (χ0) is 20.1. The highest BCUT2D eigenvalue weighted by molar-refractivity contribution is 7.70. The van der Waals surface area contributed by atoms with Gasteiger partial charge in [0.15, 0.2) is 0 Å². The van der Waals surface area contributed by atoms with Crippen LogP contribution in [0.3, 0.4) is 0 Å². The first kappa shape index (κ1) is 19.7. The number of likely N-dealkylation sites (tertiary alicyclic amines) is 1. The van der Waals surface area contributed by atoms with Crippen LogP contribution in [0.2, 0.25) is 0 Å². The molecule has 29 heavy (non-hydrogen) atoms. The molecule has 0 unspecified atom stereocenters. The summed E-state index contributed by atoms with van der Waals surface area (Å²) in [6, 6.07) is 12.0. The predicted octanol–water partition coefficient (Wildman–Crippen LogP) is 1.66. The van der Waals surface area contributed by atoms with Crippen LogP contribution in [0.1, 0.15) is 35.6 Å². The van der Waals surface area contributed by atoms with Gasteiger partial charge in [0.2, 0.25) is 10.9 Å². The number of benzene rings is 1. The fourth-order valence-electron chi connectivity index (χ4n) is 3.71. The number of hydrogen-bond donors (Lipinski definition) is 2. The van der Waals surface area contributed by atoms with Crippen LogP contribution >= 0.6 is 0 Å². The fraction of sp³-hybridized carbons (Fsp3) is 0.350. The van der Waals surface area contributed by atoms with Crippen molar-refractivity contribution < 1.29 is 8.42 Å². The summed E-state index contributed by atoms with van der Waals surface area (Å²) >= 11 is 0. The second-order valence-corrected chi connectivity index (χ2v) is 8.09. The third-order valence-corrected chi connectivity index (χ3v) is 5.65. The van der Waals surface area contributed by atoms with E-state index in [0.29, 0.717) is 5.92 Å². The molecular formula is C20H24N6O2S. The number of nitrogens with one attached hydrogen (secondary N) is 1. The first-order valence-electron chi connectivity index (χ1n) is 9.68. The lowest BCUT2D eigenvalue weighted by atomic mass is 9.90. The Labute approximate surface area is 171 Å². The van der Waals surface area contributed by atoms with E-state index >= 15 is 0 Å². The Balaban J connectivity index is 1.32. The zero-order valence-electron chi connectivity index (χ0n) is 16.0. The van der Waals surface area contributed by atoms with E-state index < -0.39 is 10.9 Å². The molecule has 4 rings (SSSR count). The van der Waals surface area contributed by atoms with Crippen LogP contribution in [0.5, 0.6) is 0 Å². The van der Waals surface area contributed by atoms with Crippen molar-refractivity contribution in [3.8, 4) is 5.69 Å². The first-order chi connectivity index (χ1) is 14.2. The minimum absolute atomic E-state index is 0.287. The van der Waals surface area contributed by atoms with Crippen molar-refractivity contribution >= 4 is 10.9 Å². The normalized spacial score (nSPS) is 15.8. The Morgan fingerprint density at radius 1 is 1.10 bits per heavy atom. The smallest absolute Gasteiger partial charge is 0.201 e. The van der Waals surface area contributed by atoms with Gasteiger partial charge in [-0.2, -0.15) is 0 Å². The number of pyridine rings is 1. The van der Waals surface area contributed by atoms with Crippen molar-refractivity contribution in [2.45, 2.75) is 31.8 Å². The summed E-state index contributed by atoms with van der Waals surface area (Å²) in [6.07, 6.45) is 7.68. The van der Waals surface area contributed by atoms with Crippen LogP contribution < -0.4 is 4.72 Å². The maximum Gasteiger partial charge on any atom is 0.201 e. The van der Waals surface area contributed by atoms with Gasteiger partial charge in [0.1, 0.15) is 0 Å². The van der Waals surface area contributed by atoms with E-state index in [-0.39, 0.29) is 6.54 Å². The summed E-state index contributed by atoms with van der Waals surface area (Å²) in [5, 5.41) is 8.55. The first-order valence-corrected chi connectivity index (χ1v) is 10.9. The molecule has 152 valence electrons. The van der Waals surface area contributed by atoms with E-state index in [1.54, 1.807) is 6.20 Å². The largest absolute Gasteiger partial charge is 0.297 e. The molecule has 0 bridgehead atoms. The van der Waals surface area contributed by atoms with E-state index in [0.717, 1.165) is 49.4 Å². The van der Waals surface area contributed by atoms with Gasteiger partial charge in [-0.1, -0.05) is 29.5 Å². The molecule has 1 N–H and O–H groups in total. The minimum atomic E-state index is -2.59. The van der Waals surface area contributed by atoms with Crippen molar-refractivity contribution in [2.75, 3.05) is 13.1 Å². The van der Waals surface area contributed by atoms with Gasteiger partial charge >= 0.3 is 0 Å². The van der Waals surface area contributed by atoms with Crippen molar-refractivity contribution in [2.24, 2.45) is 0 Å². The third kappa shape index (κ3) is 5.26. The lowest BCUT2D eigenvalue weighted by molar-refractivity contribution is 0.202. The Kier molecular flexibility index (Phi) is 6.28. The zero-order valence-corrected chi connectivity index (χ0v) is 16.9. The molecule has 0 saturated carbocycles. The van der Waals surface area contributed by atoms with Crippen molar-refractivity contribution in [1.29, 1.82) is 0 Å². The third-order valence-electron chi connectivity index (χ3n) is 5.23. The lowest BCUT2D eigenvalue weighted by Gasteiger charge is -2.31. The molecule has 3 aromatic rings. The summed E-state index contributed by atoms with van der Waals surface area (Å²) in [5.41, 5.74) is 4.05. The van der Waals surface area contributed by atoms with Gasteiger partial charge in [-0.3, -0.25) is 9.88 Å². The molecule has 1 aliphatic heterocycles. The van der Waals surface area contributed by atoms with Crippen LogP contribution in [0.15, 0.2) is 55.0 Å². The molecule has 0 aliphatic carbocycles. The Hall–Kier alpha value is -2.62. The molecule has 0 spiro atoms. The van der Waals surface area contributed by atoms with Gasteiger partial charge in [0.05, 0.1) is 17.6 Å². The molecule has 1 aliphatic rings. The number of aromatic nitrogens is 4. The molecule has 1 aromatic carbocycles. The highest BCUT2D eigenvalue weighted by Crippen LogP contribution is 2.28. The molecule has 9 heteroatoms. The SMILES string of the molecule is O=[SH](=O)NCc1cncc(C2CCN(Cc3cn(-c4ccccc4)nn3)CC2)c1. The van der Waals surface area contributed by atoms with Gasteiger partial charge < -0.3 is 0 Å². The number of para-hydroxylation sites is 1. The standard InChI is InChI=1S/C20H24N6O2S/c27-29(28)22-12-16-10-18(13-21-11-16)17-6-8-25(9-7-17)14-19-15-26(24-23-19)20-4-2-1-3-5-20/h1-5,10-11,13,15,17,29H,6-9,12,14H2,(H,22,27,28). The monoisotopic (exact) mass is 412 g/mol. The van der Waals surface area contributed by atoms with Crippen LogP contribution in [0.25, 0.3) is 5.69 Å². The van der Waals surface area contributed by atoms with E-state index in [4.69, 9.17) is 0 Å². The summed E-state index contributed by atoms with van der Waals surface area (Å²) in [4.78, 5) is 6.68. The quantitative estimate of drug-likeness (QED) is 0.574. The summed E-state index contributed by atoms with van der Waals surface area (Å²) < 4.78 is 25.7. The van der Waals surface area contributed by atoms with E-state index in [1.807, 2.05) is 47.4 Å². The van der Waals surface area contributed by atoms with Crippen LogP contribution in [-0.2, 0) is 24.0 Å². The molecule has 8 nitrogen and oxygen atoms in total. The molecule has 2 aromatic heterocycles. The molecular weight excluding hydrogens is 388 g/mol. The van der Waals surface area contributed by atoms with E-state index in [2.05, 4.69) is 31.0 Å². The van der Waals surface area contributed by atoms with E-state index in [1.165, 1.54) is 5.56 Å². The van der Waals surface area contributed by atoms with Gasteiger partial charge in [0, 0.05) is 25.5 Å². The van der Waals surface area contributed by atoms with E-state index in [9.17, 15) is 8.42 Å². The number of thiol groups is 1. The van der Waals surface area contributed by atoms with Crippen LogP contribution in [-0.4, -0.2) is 46.4 Å². The van der Waals surface area contributed by atoms with Gasteiger partial charge in [-0.25, -0.2) is 17.8 Å². The van der Waals surface area contributed by atoms with Gasteiger partial charge in [0.25, 0.3) is 0 Å². The fourth-order valence-corrected chi connectivity index (χ4v) is 4.03. The summed E-state index contributed by atoms with van der Waals surface area (Å²) in [6.45, 7) is 3.04. The van der Waals surface area contributed by atoms with Crippen LogP contribution in [0, 0.1) is 0 Å². The maximum atomic E-state index is 10.7. The Morgan fingerprint density at radius 2 is 1.90 bits per heavy atom. The summed E-state index contributed by atoms with van der Waals surface area (Å²) in [7, 11) is -2.59. The molecule has 0 atom stereocenters. The highest BCUT2D eigenvalue weighted by Gasteiger charge is 2.22. The van der Waals surface area contributed by atoms with Gasteiger partial charge in [-0.15, -0.1) is 5.10 Å². The summed E-state index contributed by atoms with van der Waals surface area (Å²) in [5.74, 6) is 0.444. The lowest BCUT2D eigenvalue weighted by Crippen LogP contribution is -2.32.